The summed E-state index contributed by atoms with van der Waals surface area (Å²) in [5.41, 5.74) is 0. The van der Waals surface area contributed by atoms with Crippen LogP contribution >= 0.6 is 43.2 Å². The summed E-state index contributed by atoms with van der Waals surface area (Å²) in [7, 11) is 0. The zero-order valence-electron chi connectivity index (χ0n) is 11.7. The van der Waals surface area contributed by atoms with Crippen molar-refractivity contribution in [3.63, 3.8) is 0 Å². The fraction of sp³-hybridized carbons (Fsp3) is 0.733. The van der Waals surface area contributed by atoms with E-state index in [9.17, 15) is 0 Å². The van der Waals surface area contributed by atoms with Crippen molar-refractivity contribution in [2.24, 2.45) is 11.8 Å². The van der Waals surface area contributed by atoms with Gasteiger partial charge in [0.05, 0.1) is 3.79 Å². The van der Waals surface area contributed by atoms with Crippen molar-refractivity contribution in [1.29, 1.82) is 0 Å². The van der Waals surface area contributed by atoms with Crippen molar-refractivity contribution in [2.45, 2.75) is 52.0 Å². The molecule has 0 bridgehead atoms. The minimum absolute atomic E-state index is 0.530. The molecule has 3 atom stereocenters. The smallest absolute Gasteiger partial charge is 0.0843 e. The summed E-state index contributed by atoms with van der Waals surface area (Å²) < 4.78 is 2.41. The van der Waals surface area contributed by atoms with Crippen molar-refractivity contribution in [3.05, 3.63) is 19.2 Å². The predicted octanol–water partition coefficient (Wildman–Crippen LogP) is 6.14. The molecule has 0 spiro atoms. The lowest BCUT2D eigenvalue weighted by atomic mass is 9.73. The third-order valence-electron chi connectivity index (χ3n) is 4.32. The summed E-state index contributed by atoms with van der Waals surface area (Å²) in [5, 5.41) is 3.74. The number of halogens is 2. The zero-order valence-corrected chi connectivity index (χ0v) is 15.7. The monoisotopic (exact) mass is 407 g/mol. The van der Waals surface area contributed by atoms with Crippen molar-refractivity contribution >= 4 is 43.2 Å². The van der Waals surface area contributed by atoms with Crippen LogP contribution in [0, 0.1) is 11.8 Å². The van der Waals surface area contributed by atoms with Gasteiger partial charge in [-0.05, 0) is 62.7 Å². The summed E-state index contributed by atoms with van der Waals surface area (Å²) in [4.78, 5) is 1.48. The van der Waals surface area contributed by atoms with E-state index in [0.29, 0.717) is 6.04 Å². The molecule has 1 aromatic heterocycles. The molecule has 0 saturated heterocycles. The molecule has 1 aliphatic rings. The van der Waals surface area contributed by atoms with E-state index in [1.165, 1.54) is 45.2 Å². The first-order chi connectivity index (χ1) is 9.17. The predicted molar refractivity (Wildman–Crippen MR) is 91.9 cm³/mol. The molecule has 108 valence electrons. The molecule has 1 fully saturated rings. The maximum atomic E-state index is 3.74. The summed E-state index contributed by atoms with van der Waals surface area (Å²) in [6, 6.07) is 2.83. The fourth-order valence-corrected chi connectivity index (χ4v) is 5.62. The van der Waals surface area contributed by atoms with Gasteiger partial charge in [-0.25, -0.2) is 0 Å². The number of thiophene rings is 1. The molecule has 0 aromatic carbocycles. The van der Waals surface area contributed by atoms with Gasteiger partial charge in [-0.1, -0.05) is 39.5 Å². The lowest BCUT2D eigenvalue weighted by Gasteiger charge is -2.37. The Balaban J connectivity index is 2.22. The second-order valence-corrected chi connectivity index (χ2v) is 8.68. The van der Waals surface area contributed by atoms with Crippen LogP contribution in [0.2, 0.25) is 0 Å². The number of rotatable bonds is 5. The van der Waals surface area contributed by atoms with Gasteiger partial charge < -0.3 is 5.32 Å². The Morgan fingerprint density at radius 3 is 2.63 bits per heavy atom. The zero-order chi connectivity index (χ0) is 13.8. The lowest BCUT2D eigenvalue weighted by Crippen LogP contribution is -2.33. The van der Waals surface area contributed by atoms with E-state index in [1.807, 2.05) is 11.3 Å². The molecule has 1 nitrogen and oxygen atoms in total. The summed E-state index contributed by atoms with van der Waals surface area (Å²) in [6.07, 6.45) is 6.93. The highest BCUT2D eigenvalue weighted by Crippen LogP contribution is 2.44. The maximum Gasteiger partial charge on any atom is 0.0843 e. The van der Waals surface area contributed by atoms with E-state index in [0.717, 1.165) is 18.4 Å². The molecular weight excluding hydrogens is 386 g/mol. The van der Waals surface area contributed by atoms with Crippen LogP contribution in [0.3, 0.4) is 0 Å². The molecule has 4 heteroatoms. The Morgan fingerprint density at radius 1 is 1.32 bits per heavy atom. The van der Waals surface area contributed by atoms with Crippen LogP contribution in [-0.4, -0.2) is 6.54 Å². The first-order valence-corrected chi connectivity index (χ1v) is 9.75. The van der Waals surface area contributed by atoms with Crippen LogP contribution < -0.4 is 5.32 Å². The van der Waals surface area contributed by atoms with E-state index in [1.54, 1.807) is 0 Å². The molecule has 19 heavy (non-hydrogen) atoms. The minimum Gasteiger partial charge on any atom is -0.309 e. The standard InChI is InChI=1S/C15H23Br2NS/c1-3-10-7-5-6-8-11(10)14(18-4-2)13-9-12(16)15(17)19-13/h9-11,14,18H,3-8H2,1-2H3. The Hall–Kier alpha value is 0.620. The Kier molecular flexibility index (Phi) is 6.38. The van der Waals surface area contributed by atoms with Crippen LogP contribution in [0.25, 0.3) is 0 Å². The summed E-state index contributed by atoms with van der Waals surface area (Å²) in [6.45, 7) is 5.62. The summed E-state index contributed by atoms with van der Waals surface area (Å²) in [5.74, 6) is 1.69. The van der Waals surface area contributed by atoms with Gasteiger partial charge in [0.25, 0.3) is 0 Å². The van der Waals surface area contributed by atoms with Gasteiger partial charge in [0.2, 0.25) is 0 Å². The normalized spacial score (nSPS) is 25.5. The molecule has 2 rings (SSSR count). The van der Waals surface area contributed by atoms with Gasteiger partial charge >= 0.3 is 0 Å². The number of hydrogen-bond acceptors (Lipinski definition) is 2. The molecule has 0 amide bonds. The Bertz CT molecular complexity index is 385. The van der Waals surface area contributed by atoms with Crippen LogP contribution in [0.15, 0.2) is 14.3 Å². The second-order valence-electron chi connectivity index (χ2n) is 5.42. The number of hydrogen-bond donors (Lipinski definition) is 1. The van der Waals surface area contributed by atoms with E-state index >= 15 is 0 Å². The maximum absolute atomic E-state index is 3.74. The van der Waals surface area contributed by atoms with Gasteiger partial charge in [-0.3, -0.25) is 0 Å². The van der Waals surface area contributed by atoms with Gasteiger partial charge in [-0.2, -0.15) is 0 Å². The van der Waals surface area contributed by atoms with Crippen LogP contribution in [0.1, 0.15) is 56.9 Å². The van der Waals surface area contributed by atoms with E-state index in [-0.39, 0.29) is 0 Å². The van der Waals surface area contributed by atoms with Crippen LogP contribution in [-0.2, 0) is 0 Å². The van der Waals surface area contributed by atoms with Crippen LogP contribution in [0.5, 0.6) is 0 Å². The van der Waals surface area contributed by atoms with Gasteiger partial charge in [0.15, 0.2) is 0 Å². The SMILES string of the molecule is CCNC(c1cc(Br)c(Br)s1)C1CCCCC1CC. The van der Waals surface area contributed by atoms with E-state index in [4.69, 9.17) is 0 Å². The Morgan fingerprint density at radius 2 is 2.05 bits per heavy atom. The fourth-order valence-electron chi connectivity index (χ4n) is 3.38. The molecule has 1 aliphatic carbocycles. The first kappa shape index (κ1) is 16.0. The second kappa shape index (κ2) is 7.58. The quantitative estimate of drug-likeness (QED) is 0.616. The van der Waals surface area contributed by atoms with Gasteiger partial charge in [0.1, 0.15) is 0 Å². The van der Waals surface area contributed by atoms with Gasteiger partial charge in [-0.15, -0.1) is 11.3 Å². The van der Waals surface area contributed by atoms with Crippen molar-refractivity contribution in [1.82, 2.24) is 5.32 Å². The van der Waals surface area contributed by atoms with Crippen LogP contribution in [0.4, 0.5) is 0 Å². The molecule has 1 heterocycles. The molecule has 0 aliphatic heterocycles. The first-order valence-electron chi connectivity index (χ1n) is 7.35. The molecule has 1 saturated carbocycles. The highest BCUT2D eigenvalue weighted by molar-refractivity contribution is 9.13. The lowest BCUT2D eigenvalue weighted by molar-refractivity contribution is 0.178. The largest absolute Gasteiger partial charge is 0.309 e. The molecular formula is C15H23Br2NS. The molecule has 1 aromatic rings. The van der Waals surface area contributed by atoms with E-state index < -0.39 is 0 Å². The summed E-state index contributed by atoms with van der Waals surface area (Å²) >= 11 is 9.14. The molecule has 1 N–H and O–H groups in total. The van der Waals surface area contributed by atoms with Crippen molar-refractivity contribution in [2.75, 3.05) is 6.54 Å². The third kappa shape index (κ3) is 3.84. The Labute approximate surface area is 137 Å². The average molecular weight is 409 g/mol. The van der Waals surface area contributed by atoms with Crippen molar-refractivity contribution in [3.8, 4) is 0 Å². The highest BCUT2D eigenvalue weighted by Gasteiger charge is 2.32. The third-order valence-corrected chi connectivity index (χ3v) is 7.65. The van der Waals surface area contributed by atoms with E-state index in [2.05, 4.69) is 57.1 Å². The number of nitrogens with one attached hydrogen (secondary N) is 1. The average Bonchev–Trinajstić information content (AvgIpc) is 2.76. The topological polar surface area (TPSA) is 12.0 Å². The molecule has 0 radical (unpaired) electrons. The van der Waals surface area contributed by atoms with Crippen molar-refractivity contribution < 1.29 is 0 Å². The molecule has 3 unspecified atom stereocenters. The highest BCUT2D eigenvalue weighted by atomic mass is 79.9. The minimum atomic E-state index is 0.530. The van der Waals surface area contributed by atoms with Gasteiger partial charge in [0, 0.05) is 15.4 Å².